The Bertz CT molecular complexity index is 797. The van der Waals surface area contributed by atoms with Gasteiger partial charge in [0.1, 0.15) is 0 Å². The van der Waals surface area contributed by atoms with Crippen LogP contribution in [-0.4, -0.2) is 17.6 Å². The maximum Gasteiger partial charge on any atom is 0.416 e. The monoisotopic (exact) mass is 419 g/mol. The van der Waals surface area contributed by atoms with Gasteiger partial charge < -0.3 is 10.4 Å². The third-order valence-electron chi connectivity index (χ3n) is 3.97. The second kappa shape index (κ2) is 9.44. The van der Waals surface area contributed by atoms with E-state index < -0.39 is 17.8 Å². The highest BCUT2D eigenvalue weighted by molar-refractivity contribution is 6.42. The van der Waals surface area contributed by atoms with E-state index >= 15 is 0 Å². The van der Waals surface area contributed by atoms with E-state index in [1.54, 1.807) is 12.1 Å². The number of rotatable bonds is 7. The minimum absolute atomic E-state index is 0.174. The van der Waals surface area contributed by atoms with Crippen LogP contribution in [0.2, 0.25) is 10.0 Å². The topological polar surface area (TPSA) is 49.3 Å². The number of halogens is 5. The summed E-state index contributed by atoms with van der Waals surface area (Å²) in [7, 11) is 0. The van der Waals surface area contributed by atoms with Crippen molar-refractivity contribution in [2.45, 2.75) is 31.5 Å². The molecule has 0 aliphatic rings. The lowest BCUT2D eigenvalue weighted by molar-refractivity contribution is -0.139. The lowest BCUT2D eigenvalue weighted by Gasteiger charge is -2.18. The molecule has 0 spiro atoms. The maximum absolute atomic E-state index is 13.0. The minimum atomic E-state index is -4.57. The van der Waals surface area contributed by atoms with E-state index in [0.717, 1.165) is 11.6 Å². The fourth-order valence-electron chi connectivity index (χ4n) is 2.60. The summed E-state index contributed by atoms with van der Waals surface area (Å²) in [5.41, 5.74) is -0.246. The van der Waals surface area contributed by atoms with E-state index in [9.17, 15) is 23.1 Å². The number of amides is 1. The van der Waals surface area contributed by atoms with E-state index in [2.05, 4.69) is 5.32 Å². The van der Waals surface area contributed by atoms with Crippen LogP contribution in [0.5, 0.6) is 0 Å². The SMILES string of the molecule is O=C(CCCc1ccc(Cl)c(Cl)c1)NCC(O)c1ccccc1C(F)(F)F. The van der Waals surface area contributed by atoms with Gasteiger partial charge in [0.05, 0.1) is 21.7 Å². The van der Waals surface area contributed by atoms with E-state index in [4.69, 9.17) is 23.2 Å². The van der Waals surface area contributed by atoms with Crippen molar-refractivity contribution in [3.8, 4) is 0 Å². The van der Waals surface area contributed by atoms with Crippen LogP contribution in [0, 0.1) is 0 Å². The molecule has 1 unspecified atom stereocenters. The molecule has 0 heterocycles. The first-order valence-corrected chi connectivity index (χ1v) is 8.99. The third kappa shape index (κ3) is 6.41. The van der Waals surface area contributed by atoms with Crippen molar-refractivity contribution < 1.29 is 23.1 Å². The molecule has 2 aromatic carbocycles. The van der Waals surface area contributed by atoms with Gasteiger partial charge in [0.25, 0.3) is 0 Å². The zero-order valence-electron chi connectivity index (χ0n) is 14.2. The first-order chi connectivity index (χ1) is 12.7. The Morgan fingerprint density at radius 1 is 1.11 bits per heavy atom. The van der Waals surface area contributed by atoms with Crippen LogP contribution < -0.4 is 5.32 Å². The highest BCUT2D eigenvalue weighted by Gasteiger charge is 2.34. The molecule has 0 saturated carbocycles. The lowest BCUT2D eigenvalue weighted by Crippen LogP contribution is -2.29. The fraction of sp³-hybridized carbons (Fsp3) is 0.316. The van der Waals surface area contributed by atoms with Crippen molar-refractivity contribution in [1.82, 2.24) is 5.32 Å². The summed E-state index contributed by atoms with van der Waals surface area (Å²) in [5.74, 6) is -0.349. The summed E-state index contributed by atoms with van der Waals surface area (Å²) >= 11 is 11.8. The average Bonchev–Trinajstić information content (AvgIpc) is 2.62. The lowest BCUT2D eigenvalue weighted by atomic mass is 10.0. The summed E-state index contributed by atoms with van der Waals surface area (Å²) in [6.07, 6.45) is -4.71. The number of carbonyl (C=O) groups excluding carboxylic acids is 1. The Morgan fingerprint density at radius 3 is 2.48 bits per heavy atom. The first-order valence-electron chi connectivity index (χ1n) is 8.23. The predicted molar refractivity (Wildman–Crippen MR) is 98.8 cm³/mol. The molecule has 2 aromatic rings. The molecule has 3 nitrogen and oxygen atoms in total. The van der Waals surface area contributed by atoms with Crippen LogP contribution in [0.1, 0.15) is 35.6 Å². The highest BCUT2D eigenvalue weighted by atomic mass is 35.5. The Labute approximate surface area is 165 Å². The second-order valence-corrected chi connectivity index (χ2v) is 6.82. The first kappa shape index (κ1) is 21.5. The van der Waals surface area contributed by atoms with E-state index in [1.165, 1.54) is 18.2 Å². The van der Waals surface area contributed by atoms with Crippen LogP contribution in [0.3, 0.4) is 0 Å². The summed E-state index contributed by atoms with van der Waals surface area (Å²) in [6, 6.07) is 9.96. The van der Waals surface area contributed by atoms with Crippen molar-refractivity contribution in [1.29, 1.82) is 0 Å². The van der Waals surface area contributed by atoms with Crippen molar-refractivity contribution in [3.05, 3.63) is 69.2 Å². The number of carbonyl (C=O) groups is 1. The van der Waals surface area contributed by atoms with Gasteiger partial charge in [-0.2, -0.15) is 13.2 Å². The highest BCUT2D eigenvalue weighted by Crippen LogP contribution is 2.34. The molecule has 0 bridgehead atoms. The molecule has 27 heavy (non-hydrogen) atoms. The van der Waals surface area contributed by atoms with Crippen LogP contribution in [0.25, 0.3) is 0 Å². The van der Waals surface area contributed by atoms with E-state index in [0.29, 0.717) is 22.9 Å². The minimum Gasteiger partial charge on any atom is -0.387 e. The molecule has 0 aliphatic carbocycles. The summed E-state index contributed by atoms with van der Waals surface area (Å²) < 4.78 is 38.9. The van der Waals surface area contributed by atoms with E-state index in [-0.39, 0.29) is 24.4 Å². The number of nitrogens with one attached hydrogen (secondary N) is 1. The molecular weight excluding hydrogens is 402 g/mol. The zero-order valence-corrected chi connectivity index (χ0v) is 15.7. The van der Waals surface area contributed by atoms with Crippen molar-refractivity contribution in [3.63, 3.8) is 0 Å². The van der Waals surface area contributed by atoms with Crippen LogP contribution in [0.4, 0.5) is 13.2 Å². The van der Waals surface area contributed by atoms with Crippen LogP contribution in [0.15, 0.2) is 42.5 Å². The largest absolute Gasteiger partial charge is 0.416 e. The molecule has 2 rings (SSSR count). The summed E-state index contributed by atoms with van der Waals surface area (Å²) in [6.45, 7) is -0.293. The maximum atomic E-state index is 13.0. The summed E-state index contributed by atoms with van der Waals surface area (Å²) in [5, 5.41) is 13.4. The molecule has 0 saturated heterocycles. The molecule has 0 aromatic heterocycles. The van der Waals surface area contributed by atoms with Gasteiger partial charge in [0, 0.05) is 13.0 Å². The van der Waals surface area contributed by atoms with Crippen LogP contribution >= 0.6 is 23.2 Å². The van der Waals surface area contributed by atoms with Crippen molar-refractivity contribution in [2.24, 2.45) is 0 Å². The Balaban J connectivity index is 1.82. The number of aryl methyl sites for hydroxylation is 1. The number of hydrogen-bond donors (Lipinski definition) is 2. The Morgan fingerprint density at radius 2 is 1.81 bits per heavy atom. The number of benzene rings is 2. The standard InChI is InChI=1S/C19H18Cl2F3NO2/c20-15-9-8-12(10-16(15)21)4-3-7-18(27)25-11-17(26)13-5-1-2-6-14(13)19(22,23)24/h1-2,5-6,8-10,17,26H,3-4,7,11H2,(H,25,27). The average molecular weight is 420 g/mol. The normalized spacial score (nSPS) is 12.7. The smallest absolute Gasteiger partial charge is 0.387 e. The molecule has 2 N–H and O–H groups in total. The second-order valence-electron chi connectivity index (χ2n) is 6.01. The van der Waals surface area contributed by atoms with Gasteiger partial charge in [-0.15, -0.1) is 0 Å². The van der Waals surface area contributed by atoms with Crippen molar-refractivity contribution >= 4 is 29.1 Å². The molecule has 0 aliphatic heterocycles. The Kier molecular flexibility index (Phi) is 7.53. The van der Waals surface area contributed by atoms with Gasteiger partial charge in [-0.25, -0.2) is 0 Å². The van der Waals surface area contributed by atoms with Crippen molar-refractivity contribution in [2.75, 3.05) is 6.54 Å². The number of aliphatic hydroxyl groups excluding tert-OH is 1. The molecule has 0 fully saturated rings. The van der Waals surface area contributed by atoms with Gasteiger partial charge in [0.15, 0.2) is 0 Å². The number of alkyl halides is 3. The van der Waals surface area contributed by atoms with Gasteiger partial charge >= 0.3 is 6.18 Å². The molecule has 1 amide bonds. The number of hydrogen-bond acceptors (Lipinski definition) is 2. The molecule has 1 atom stereocenters. The quantitative estimate of drug-likeness (QED) is 0.648. The van der Waals surface area contributed by atoms with Crippen LogP contribution in [-0.2, 0) is 17.4 Å². The fourth-order valence-corrected chi connectivity index (χ4v) is 2.92. The van der Waals surface area contributed by atoms with Gasteiger partial charge in [-0.1, -0.05) is 47.5 Å². The van der Waals surface area contributed by atoms with Gasteiger partial charge in [-0.05, 0) is 42.2 Å². The zero-order chi connectivity index (χ0) is 20.0. The summed E-state index contributed by atoms with van der Waals surface area (Å²) in [4.78, 5) is 11.9. The molecular formula is C19H18Cl2F3NO2. The Hall–Kier alpha value is -1.76. The third-order valence-corrected chi connectivity index (χ3v) is 4.71. The predicted octanol–water partition coefficient (Wildman–Crippen LogP) is 5.18. The van der Waals surface area contributed by atoms with Gasteiger partial charge in [0.2, 0.25) is 5.91 Å². The number of aliphatic hydroxyl groups is 1. The van der Waals surface area contributed by atoms with E-state index in [1.807, 2.05) is 6.07 Å². The molecule has 146 valence electrons. The molecule has 0 radical (unpaired) electrons. The molecule has 8 heteroatoms. The van der Waals surface area contributed by atoms with Gasteiger partial charge in [-0.3, -0.25) is 4.79 Å².